The molecule has 8 nitrogen and oxygen atoms in total. The molecule has 1 N–H and O–H groups in total. The van der Waals surface area contributed by atoms with Gasteiger partial charge >= 0.3 is 0 Å². The predicted octanol–water partition coefficient (Wildman–Crippen LogP) is 3.52. The molecular formula is C25H27ClN4O4. The van der Waals surface area contributed by atoms with E-state index in [9.17, 15) is 9.59 Å². The number of aromatic nitrogens is 2. The molecule has 1 aliphatic heterocycles. The van der Waals surface area contributed by atoms with Gasteiger partial charge in [-0.25, -0.2) is 0 Å². The zero-order valence-electron chi connectivity index (χ0n) is 19.3. The first-order chi connectivity index (χ1) is 16.4. The molecule has 1 fully saturated rings. The highest BCUT2D eigenvalue weighted by molar-refractivity contribution is 6.33. The van der Waals surface area contributed by atoms with Crippen molar-refractivity contribution in [2.75, 3.05) is 27.3 Å². The van der Waals surface area contributed by atoms with Gasteiger partial charge in [0.25, 0.3) is 11.8 Å². The van der Waals surface area contributed by atoms with Crippen molar-refractivity contribution >= 4 is 23.4 Å². The van der Waals surface area contributed by atoms with Crippen LogP contribution in [0.15, 0.2) is 54.7 Å². The number of methoxy groups -OCH3 is 2. The third-order valence-electron chi connectivity index (χ3n) is 6.08. The highest BCUT2D eigenvalue weighted by Gasteiger charge is 2.35. The normalized spacial score (nSPS) is 17.8. The Kier molecular flexibility index (Phi) is 7.07. The van der Waals surface area contributed by atoms with Crippen LogP contribution in [0.25, 0.3) is 0 Å². The van der Waals surface area contributed by atoms with Crippen LogP contribution in [0.3, 0.4) is 0 Å². The van der Waals surface area contributed by atoms with E-state index in [1.165, 1.54) is 7.11 Å². The van der Waals surface area contributed by atoms with E-state index >= 15 is 0 Å². The van der Waals surface area contributed by atoms with E-state index in [1.54, 1.807) is 59.2 Å². The number of amides is 2. The summed E-state index contributed by atoms with van der Waals surface area (Å²) in [4.78, 5) is 28.1. The summed E-state index contributed by atoms with van der Waals surface area (Å²) in [5.41, 5.74) is 1.75. The second kappa shape index (κ2) is 10.2. The van der Waals surface area contributed by atoms with Crippen molar-refractivity contribution in [3.05, 3.63) is 76.6 Å². The van der Waals surface area contributed by atoms with E-state index in [0.29, 0.717) is 47.2 Å². The molecule has 34 heavy (non-hydrogen) atoms. The van der Waals surface area contributed by atoms with Gasteiger partial charge in [0, 0.05) is 43.9 Å². The molecule has 2 amide bonds. The second-order valence-electron chi connectivity index (χ2n) is 8.19. The Morgan fingerprint density at radius 1 is 1.09 bits per heavy atom. The molecule has 9 heteroatoms. The maximum absolute atomic E-state index is 13.3. The standard InChI is InChI=1S/C25H27ClN4O4/c1-29-12-10-21(28-29)18-15-30(25(32)16-8-9-22(33-2)23(14-16)34-3)13-11-20(18)27-24(31)17-6-4-5-7-19(17)26/h4-10,12,14,18,20H,11,13,15H2,1-3H3,(H,27,31). The lowest BCUT2D eigenvalue weighted by molar-refractivity contribution is 0.0669. The number of benzene rings is 2. The highest BCUT2D eigenvalue weighted by atomic mass is 35.5. The van der Waals surface area contributed by atoms with Gasteiger partial charge < -0.3 is 19.7 Å². The molecule has 0 bridgehead atoms. The van der Waals surface area contributed by atoms with Crippen LogP contribution in [0.1, 0.15) is 38.7 Å². The summed E-state index contributed by atoms with van der Waals surface area (Å²) < 4.78 is 12.4. The Bertz CT molecular complexity index is 1200. The summed E-state index contributed by atoms with van der Waals surface area (Å²) in [6, 6.07) is 13.8. The van der Waals surface area contributed by atoms with Crippen LogP contribution in [-0.2, 0) is 7.05 Å². The number of nitrogens with zero attached hydrogens (tertiary/aromatic N) is 3. The van der Waals surface area contributed by atoms with Crippen LogP contribution in [-0.4, -0.2) is 59.8 Å². The summed E-state index contributed by atoms with van der Waals surface area (Å²) in [5, 5.41) is 8.08. The smallest absolute Gasteiger partial charge is 0.254 e. The topological polar surface area (TPSA) is 85.7 Å². The maximum atomic E-state index is 13.3. The molecule has 1 aliphatic rings. The predicted molar refractivity (Wildman–Crippen MR) is 129 cm³/mol. The third-order valence-corrected chi connectivity index (χ3v) is 6.41. The molecule has 2 aromatic carbocycles. The van der Waals surface area contributed by atoms with Gasteiger partial charge in [0.05, 0.1) is 30.5 Å². The van der Waals surface area contributed by atoms with Crippen LogP contribution < -0.4 is 14.8 Å². The van der Waals surface area contributed by atoms with Crippen LogP contribution in [0.5, 0.6) is 11.5 Å². The van der Waals surface area contributed by atoms with E-state index in [4.69, 9.17) is 21.1 Å². The molecule has 2 atom stereocenters. The first-order valence-electron chi connectivity index (χ1n) is 11.0. The molecule has 4 rings (SSSR count). The molecule has 0 aliphatic carbocycles. The number of ether oxygens (including phenoxy) is 2. The van der Waals surface area contributed by atoms with Crippen molar-refractivity contribution in [1.29, 1.82) is 0 Å². The lowest BCUT2D eigenvalue weighted by Crippen LogP contribution is -2.51. The van der Waals surface area contributed by atoms with Crippen LogP contribution in [0.4, 0.5) is 0 Å². The van der Waals surface area contributed by atoms with Gasteiger partial charge in [-0.15, -0.1) is 0 Å². The fraction of sp³-hybridized carbons (Fsp3) is 0.320. The molecule has 0 spiro atoms. The lowest BCUT2D eigenvalue weighted by Gasteiger charge is -2.38. The lowest BCUT2D eigenvalue weighted by atomic mass is 9.88. The molecular weight excluding hydrogens is 456 g/mol. The van der Waals surface area contributed by atoms with E-state index in [1.807, 2.05) is 19.3 Å². The van der Waals surface area contributed by atoms with Crippen LogP contribution in [0.2, 0.25) is 5.02 Å². The highest BCUT2D eigenvalue weighted by Crippen LogP contribution is 2.31. The largest absolute Gasteiger partial charge is 0.493 e. The van der Waals surface area contributed by atoms with E-state index in [-0.39, 0.29) is 23.8 Å². The quantitative estimate of drug-likeness (QED) is 0.581. The number of halogens is 1. The van der Waals surface area contributed by atoms with Gasteiger partial charge in [0.2, 0.25) is 0 Å². The number of rotatable bonds is 6. The minimum Gasteiger partial charge on any atom is -0.493 e. The molecule has 2 unspecified atom stereocenters. The van der Waals surface area contributed by atoms with Crippen LogP contribution >= 0.6 is 11.6 Å². The summed E-state index contributed by atoms with van der Waals surface area (Å²) >= 11 is 6.22. The minimum absolute atomic E-state index is 0.113. The Morgan fingerprint density at radius 3 is 2.53 bits per heavy atom. The van der Waals surface area contributed by atoms with Gasteiger partial charge in [-0.05, 0) is 42.8 Å². The minimum atomic E-state index is -0.240. The second-order valence-corrected chi connectivity index (χ2v) is 8.60. The summed E-state index contributed by atoms with van der Waals surface area (Å²) in [5.74, 6) is 0.530. The maximum Gasteiger partial charge on any atom is 0.254 e. The average Bonchev–Trinajstić information content (AvgIpc) is 3.29. The third kappa shape index (κ3) is 4.87. The molecule has 1 aromatic heterocycles. The number of carbonyl (C=O) groups excluding carboxylic acids is 2. The van der Waals surface area contributed by atoms with Crippen molar-refractivity contribution in [3.63, 3.8) is 0 Å². The number of carbonyl (C=O) groups is 2. The summed E-state index contributed by atoms with van der Waals surface area (Å²) in [7, 11) is 4.94. The first-order valence-corrected chi connectivity index (χ1v) is 11.3. The van der Waals surface area contributed by atoms with Crippen molar-refractivity contribution in [2.24, 2.45) is 7.05 Å². The average molecular weight is 483 g/mol. The number of hydrogen-bond donors (Lipinski definition) is 1. The van der Waals surface area contributed by atoms with Gasteiger partial charge in [-0.1, -0.05) is 23.7 Å². The van der Waals surface area contributed by atoms with Gasteiger partial charge in [0.1, 0.15) is 0 Å². The number of piperidine rings is 1. The van der Waals surface area contributed by atoms with E-state index < -0.39 is 0 Å². The van der Waals surface area contributed by atoms with E-state index in [2.05, 4.69) is 10.4 Å². The van der Waals surface area contributed by atoms with Crippen molar-refractivity contribution < 1.29 is 19.1 Å². The van der Waals surface area contributed by atoms with Gasteiger partial charge in [-0.3, -0.25) is 14.3 Å². The van der Waals surface area contributed by atoms with E-state index in [0.717, 1.165) is 5.69 Å². The molecule has 1 saturated heterocycles. The monoisotopic (exact) mass is 482 g/mol. The van der Waals surface area contributed by atoms with Crippen molar-refractivity contribution in [1.82, 2.24) is 20.0 Å². The zero-order valence-corrected chi connectivity index (χ0v) is 20.1. The Balaban J connectivity index is 1.56. The Morgan fingerprint density at radius 2 is 1.85 bits per heavy atom. The number of likely N-dealkylation sites (tertiary alicyclic amines) is 1. The fourth-order valence-electron chi connectivity index (χ4n) is 4.28. The fourth-order valence-corrected chi connectivity index (χ4v) is 4.50. The Labute approximate surface area is 203 Å². The zero-order chi connectivity index (χ0) is 24.2. The summed E-state index contributed by atoms with van der Waals surface area (Å²) in [6.07, 6.45) is 2.44. The van der Waals surface area contributed by atoms with Gasteiger partial charge in [0.15, 0.2) is 11.5 Å². The molecule has 0 saturated carbocycles. The number of hydrogen-bond acceptors (Lipinski definition) is 5. The molecule has 0 radical (unpaired) electrons. The summed E-state index contributed by atoms with van der Waals surface area (Å²) in [6.45, 7) is 0.904. The number of aryl methyl sites for hydroxylation is 1. The van der Waals surface area contributed by atoms with Crippen molar-refractivity contribution in [2.45, 2.75) is 18.4 Å². The molecule has 178 valence electrons. The Hall–Kier alpha value is -3.52. The number of nitrogens with one attached hydrogen (secondary N) is 1. The molecule has 3 aromatic rings. The van der Waals surface area contributed by atoms with Gasteiger partial charge in [-0.2, -0.15) is 5.10 Å². The van der Waals surface area contributed by atoms with Crippen molar-refractivity contribution in [3.8, 4) is 11.5 Å². The first kappa shape index (κ1) is 23.6. The van der Waals surface area contributed by atoms with Crippen LogP contribution in [0, 0.1) is 0 Å². The molecule has 2 heterocycles. The SMILES string of the molecule is COc1ccc(C(=O)N2CCC(NC(=O)c3ccccc3Cl)C(c3ccn(C)n3)C2)cc1OC.